The fraction of sp³-hybridized carbons (Fsp3) is 0.182. The first-order valence-corrected chi connectivity index (χ1v) is 10.4. The topological polar surface area (TPSA) is 134 Å². The van der Waals surface area contributed by atoms with Crippen molar-refractivity contribution >= 4 is 33.8 Å². The molecule has 0 atom stereocenters. The number of rotatable bonds is 8. The minimum absolute atomic E-state index is 0.131. The van der Waals surface area contributed by atoms with E-state index in [1.165, 1.54) is 13.2 Å². The summed E-state index contributed by atoms with van der Waals surface area (Å²) in [7, 11) is 1.35. The maximum atomic E-state index is 13.1. The molecule has 0 fully saturated rings. The van der Waals surface area contributed by atoms with Gasteiger partial charge in [0.15, 0.2) is 11.5 Å². The number of primary amides is 1. The van der Waals surface area contributed by atoms with Gasteiger partial charge in [0.05, 0.1) is 30.3 Å². The van der Waals surface area contributed by atoms with Crippen molar-refractivity contribution in [2.75, 3.05) is 19.0 Å². The molecule has 0 bridgehead atoms. The maximum Gasteiger partial charge on any atom is 0.286 e. The van der Waals surface area contributed by atoms with E-state index in [-0.39, 0.29) is 34.2 Å². The normalized spacial score (nSPS) is 10.5. The molecule has 0 aliphatic heterocycles. The third-order valence-corrected chi connectivity index (χ3v) is 5.66. The summed E-state index contributed by atoms with van der Waals surface area (Å²) in [6.07, 6.45) is 0. The Hall–Kier alpha value is -3.92. The van der Waals surface area contributed by atoms with Crippen LogP contribution in [0.3, 0.4) is 0 Å². The summed E-state index contributed by atoms with van der Waals surface area (Å²) in [6, 6.07) is 11.5. The minimum Gasteiger partial charge on any atom is -0.493 e. The Labute approximate surface area is 187 Å². The number of nitrogens with zero attached hydrogens (tertiary/aromatic N) is 1. The summed E-state index contributed by atoms with van der Waals surface area (Å²) < 4.78 is 10.6. The lowest BCUT2D eigenvalue weighted by molar-refractivity contribution is -0.385. The number of anilines is 1. The maximum absolute atomic E-state index is 13.1. The van der Waals surface area contributed by atoms with Gasteiger partial charge in [0, 0.05) is 16.5 Å². The lowest BCUT2D eigenvalue weighted by Gasteiger charge is -2.12. The summed E-state index contributed by atoms with van der Waals surface area (Å²) in [5.41, 5.74) is 6.46. The number of hydrogen-bond acceptors (Lipinski definition) is 7. The monoisotopic (exact) mass is 455 g/mol. The zero-order chi connectivity index (χ0) is 23.4. The molecule has 9 nitrogen and oxygen atoms in total. The first-order chi connectivity index (χ1) is 15.3. The summed E-state index contributed by atoms with van der Waals surface area (Å²) >= 11 is 1.16. The number of thiophene rings is 1. The van der Waals surface area contributed by atoms with Crippen LogP contribution in [0.4, 0.5) is 10.7 Å². The van der Waals surface area contributed by atoms with Gasteiger partial charge in [-0.3, -0.25) is 19.7 Å². The molecule has 0 radical (unpaired) electrons. The molecule has 0 aliphatic rings. The fourth-order valence-corrected chi connectivity index (χ4v) is 4.38. The second-order valence-electron chi connectivity index (χ2n) is 6.63. The predicted molar refractivity (Wildman–Crippen MR) is 122 cm³/mol. The van der Waals surface area contributed by atoms with Crippen LogP contribution in [0, 0.1) is 17.0 Å². The number of ether oxygens (including phenoxy) is 2. The molecule has 0 saturated heterocycles. The second kappa shape index (κ2) is 9.48. The van der Waals surface area contributed by atoms with Gasteiger partial charge in [-0.15, -0.1) is 11.3 Å². The lowest BCUT2D eigenvalue weighted by Crippen LogP contribution is -2.18. The SMILES string of the molecule is CCOc1cc(C(=O)Nc2sc(C)c(-c3ccccc3)c2C(N)=O)c([N+](=O)[O-])cc1OC. The molecule has 32 heavy (non-hydrogen) atoms. The van der Waals surface area contributed by atoms with Crippen molar-refractivity contribution in [2.45, 2.75) is 13.8 Å². The molecule has 3 aromatic rings. The summed E-state index contributed by atoms with van der Waals surface area (Å²) in [5.74, 6) is -1.18. The van der Waals surface area contributed by atoms with E-state index in [2.05, 4.69) is 5.32 Å². The number of nitrogens with two attached hydrogens (primary N) is 1. The molecule has 2 aromatic carbocycles. The zero-order valence-corrected chi connectivity index (χ0v) is 18.4. The molecule has 0 unspecified atom stereocenters. The summed E-state index contributed by atoms with van der Waals surface area (Å²) in [6.45, 7) is 3.81. The van der Waals surface area contributed by atoms with E-state index < -0.39 is 22.4 Å². The Morgan fingerprint density at radius 1 is 1.19 bits per heavy atom. The molecule has 1 aromatic heterocycles. The minimum atomic E-state index is -0.774. The van der Waals surface area contributed by atoms with Crippen LogP contribution >= 0.6 is 11.3 Å². The molecule has 10 heteroatoms. The molecule has 2 amide bonds. The van der Waals surface area contributed by atoms with Gasteiger partial charge in [0.1, 0.15) is 10.6 Å². The standard InChI is InChI=1S/C22H21N3O6S/c1-4-31-17-10-14(15(25(28)29)11-16(17)30-3)21(27)24-22-19(20(23)26)18(12(2)32-22)13-8-6-5-7-9-13/h5-11H,4H2,1-3H3,(H2,23,26)(H,24,27). The quantitative estimate of drug-likeness (QED) is 0.382. The van der Waals surface area contributed by atoms with E-state index >= 15 is 0 Å². The number of benzene rings is 2. The number of nitro groups is 1. The van der Waals surface area contributed by atoms with Crippen molar-refractivity contribution in [2.24, 2.45) is 5.73 Å². The van der Waals surface area contributed by atoms with Gasteiger partial charge in [-0.25, -0.2) is 0 Å². The van der Waals surface area contributed by atoms with Crippen LogP contribution in [-0.4, -0.2) is 30.5 Å². The average molecular weight is 455 g/mol. The van der Waals surface area contributed by atoms with E-state index in [0.29, 0.717) is 5.56 Å². The number of nitrogens with one attached hydrogen (secondary N) is 1. The van der Waals surface area contributed by atoms with Crippen LogP contribution in [0.1, 0.15) is 32.5 Å². The number of amides is 2. The molecule has 1 heterocycles. The van der Waals surface area contributed by atoms with Crippen LogP contribution in [0.25, 0.3) is 11.1 Å². The molecular formula is C22H21N3O6S. The van der Waals surface area contributed by atoms with Crippen LogP contribution in [-0.2, 0) is 0 Å². The van der Waals surface area contributed by atoms with Gasteiger partial charge >= 0.3 is 0 Å². The van der Waals surface area contributed by atoms with Crippen LogP contribution in [0.5, 0.6) is 11.5 Å². The van der Waals surface area contributed by atoms with Gasteiger partial charge in [-0.2, -0.15) is 0 Å². The van der Waals surface area contributed by atoms with Gasteiger partial charge < -0.3 is 20.5 Å². The van der Waals surface area contributed by atoms with E-state index in [0.717, 1.165) is 27.8 Å². The average Bonchev–Trinajstić information content (AvgIpc) is 3.09. The Kier molecular flexibility index (Phi) is 6.74. The molecule has 0 saturated carbocycles. The van der Waals surface area contributed by atoms with Crippen molar-refractivity contribution in [3.05, 3.63) is 68.6 Å². The van der Waals surface area contributed by atoms with E-state index in [1.54, 1.807) is 13.8 Å². The van der Waals surface area contributed by atoms with E-state index in [9.17, 15) is 19.7 Å². The number of carbonyl (C=O) groups excluding carboxylic acids is 2. The molecule has 0 spiro atoms. The number of methoxy groups -OCH3 is 1. The Morgan fingerprint density at radius 2 is 1.88 bits per heavy atom. The van der Waals surface area contributed by atoms with Crippen LogP contribution in [0.15, 0.2) is 42.5 Å². The highest BCUT2D eigenvalue weighted by Gasteiger charge is 2.28. The van der Waals surface area contributed by atoms with Crippen LogP contribution in [0.2, 0.25) is 0 Å². The van der Waals surface area contributed by atoms with Crippen LogP contribution < -0.4 is 20.5 Å². The second-order valence-corrected chi connectivity index (χ2v) is 7.86. The Morgan fingerprint density at radius 3 is 2.44 bits per heavy atom. The van der Waals surface area contributed by atoms with Gasteiger partial charge in [0.2, 0.25) is 0 Å². The number of hydrogen-bond donors (Lipinski definition) is 2. The molecule has 3 rings (SSSR count). The lowest BCUT2D eigenvalue weighted by atomic mass is 10.0. The Balaban J connectivity index is 2.09. The van der Waals surface area contributed by atoms with Gasteiger partial charge in [-0.05, 0) is 19.4 Å². The number of aryl methyl sites for hydroxylation is 1. The highest BCUT2D eigenvalue weighted by Crippen LogP contribution is 2.41. The summed E-state index contributed by atoms with van der Waals surface area (Å²) in [5, 5.41) is 14.4. The van der Waals surface area contributed by atoms with Crippen molar-refractivity contribution in [3.63, 3.8) is 0 Å². The molecule has 0 aliphatic carbocycles. The Bertz CT molecular complexity index is 1190. The van der Waals surface area contributed by atoms with Gasteiger partial charge in [-0.1, -0.05) is 30.3 Å². The zero-order valence-electron chi connectivity index (χ0n) is 17.6. The first-order valence-electron chi connectivity index (χ1n) is 9.57. The van der Waals surface area contributed by atoms with Crippen molar-refractivity contribution in [1.82, 2.24) is 0 Å². The smallest absolute Gasteiger partial charge is 0.286 e. The molecule has 3 N–H and O–H groups in total. The molecular weight excluding hydrogens is 434 g/mol. The van der Waals surface area contributed by atoms with E-state index in [4.69, 9.17) is 15.2 Å². The van der Waals surface area contributed by atoms with Crippen molar-refractivity contribution in [1.29, 1.82) is 0 Å². The highest BCUT2D eigenvalue weighted by molar-refractivity contribution is 7.17. The van der Waals surface area contributed by atoms with Gasteiger partial charge in [0.25, 0.3) is 17.5 Å². The van der Waals surface area contributed by atoms with E-state index in [1.807, 2.05) is 30.3 Å². The number of carbonyl (C=O) groups is 2. The summed E-state index contributed by atoms with van der Waals surface area (Å²) in [4.78, 5) is 37.0. The molecule has 166 valence electrons. The third-order valence-electron chi connectivity index (χ3n) is 4.64. The fourth-order valence-electron chi connectivity index (χ4n) is 3.30. The largest absolute Gasteiger partial charge is 0.493 e. The first kappa shape index (κ1) is 22.8. The highest BCUT2D eigenvalue weighted by atomic mass is 32.1. The third kappa shape index (κ3) is 4.40. The number of nitro benzene ring substituents is 1. The van der Waals surface area contributed by atoms with Crippen molar-refractivity contribution in [3.8, 4) is 22.6 Å². The predicted octanol–water partition coefficient (Wildman–Crippen LogP) is 4.39. The van der Waals surface area contributed by atoms with Crippen molar-refractivity contribution < 1.29 is 24.0 Å².